The molecular weight excluding hydrogens is 216 g/mol. The maximum atomic E-state index is 11.8. The fourth-order valence-electron chi connectivity index (χ4n) is 2.75. The van der Waals surface area contributed by atoms with E-state index in [2.05, 4.69) is 5.32 Å². The molecule has 0 aromatic rings. The summed E-state index contributed by atoms with van der Waals surface area (Å²) in [5.74, 6) is 0.453. The summed E-state index contributed by atoms with van der Waals surface area (Å²) >= 11 is 0. The summed E-state index contributed by atoms with van der Waals surface area (Å²) in [6, 6.07) is 0.0299. The predicted molar refractivity (Wildman–Crippen MR) is 66.2 cm³/mol. The smallest absolute Gasteiger partial charge is 0.227 e. The van der Waals surface area contributed by atoms with E-state index in [1.54, 1.807) is 0 Å². The molecule has 0 saturated heterocycles. The molecule has 17 heavy (non-hydrogen) atoms. The molecule has 2 aliphatic carbocycles. The lowest BCUT2D eigenvalue weighted by atomic mass is 9.87. The van der Waals surface area contributed by atoms with Gasteiger partial charge >= 0.3 is 0 Å². The summed E-state index contributed by atoms with van der Waals surface area (Å²) in [5, 5.41) is 12.5. The van der Waals surface area contributed by atoms with Gasteiger partial charge in [-0.2, -0.15) is 0 Å². The van der Waals surface area contributed by atoms with Gasteiger partial charge in [0.2, 0.25) is 5.91 Å². The number of nitrogens with two attached hydrogens (primary N) is 1. The van der Waals surface area contributed by atoms with Crippen LogP contribution in [0.2, 0.25) is 0 Å². The maximum absolute atomic E-state index is 11.8. The molecule has 0 aromatic carbocycles. The molecule has 1 amide bonds. The standard InChI is InChI=1S/C13H22N2O2/c14-11-5-4-10(7-11)13(17)15-8-9-2-1-3-12(16)6-9/h4-5,9-12,16H,1-3,6-8,14H2,(H,15,17). The molecular formula is C13H22N2O2. The Bertz CT molecular complexity index is 304. The minimum absolute atomic E-state index is 0.0299. The highest BCUT2D eigenvalue weighted by molar-refractivity contribution is 5.81. The van der Waals surface area contributed by atoms with Crippen molar-refractivity contribution >= 4 is 5.91 Å². The molecule has 0 radical (unpaired) electrons. The molecule has 96 valence electrons. The van der Waals surface area contributed by atoms with Gasteiger partial charge in [0.25, 0.3) is 0 Å². The topological polar surface area (TPSA) is 75.4 Å². The van der Waals surface area contributed by atoms with Crippen LogP contribution in [0, 0.1) is 11.8 Å². The Morgan fingerprint density at radius 2 is 2.18 bits per heavy atom. The van der Waals surface area contributed by atoms with Gasteiger partial charge in [0.05, 0.1) is 12.0 Å². The van der Waals surface area contributed by atoms with Gasteiger partial charge in [-0.3, -0.25) is 4.79 Å². The first-order valence-corrected chi connectivity index (χ1v) is 6.55. The number of aliphatic hydroxyl groups is 1. The maximum Gasteiger partial charge on any atom is 0.227 e. The molecule has 4 N–H and O–H groups in total. The van der Waals surface area contributed by atoms with Crippen LogP contribution in [0.5, 0.6) is 0 Å². The highest BCUT2D eigenvalue weighted by Crippen LogP contribution is 2.24. The van der Waals surface area contributed by atoms with E-state index < -0.39 is 0 Å². The first-order chi connectivity index (χ1) is 8.15. The number of nitrogens with one attached hydrogen (secondary N) is 1. The quantitative estimate of drug-likeness (QED) is 0.629. The number of carbonyl (C=O) groups is 1. The van der Waals surface area contributed by atoms with Gasteiger partial charge in [0.15, 0.2) is 0 Å². The first kappa shape index (κ1) is 12.6. The van der Waals surface area contributed by atoms with Crippen molar-refractivity contribution in [2.75, 3.05) is 6.54 Å². The largest absolute Gasteiger partial charge is 0.393 e. The Morgan fingerprint density at radius 1 is 1.35 bits per heavy atom. The average molecular weight is 238 g/mol. The molecule has 0 bridgehead atoms. The summed E-state index contributed by atoms with van der Waals surface area (Å²) in [4.78, 5) is 11.8. The summed E-state index contributed by atoms with van der Waals surface area (Å²) in [5.41, 5.74) is 5.72. The lowest BCUT2D eigenvalue weighted by molar-refractivity contribution is -0.123. The summed E-state index contributed by atoms with van der Waals surface area (Å²) < 4.78 is 0. The molecule has 4 atom stereocenters. The molecule has 0 spiro atoms. The van der Waals surface area contributed by atoms with E-state index in [9.17, 15) is 9.90 Å². The second-order valence-electron chi connectivity index (χ2n) is 5.32. The van der Waals surface area contributed by atoms with Crippen LogP contribution < -0.4 is 11.1 Å². The normalized spacial score (nSPS) is 37.1. The predicted octanol–water partition coefficient (Wildman–Crippen LogP) is 0.557. The van der Waals surface area contributed by atoms with Crippen molar-refractivity contribution in [2.45, 2.75) is 44.2 Å². The second-order valence-corrected chi connectivity index (χ2v) is 5.32. The molecule has 4 unspecified atom stereocenters. The first-order valence-electron chi connectivity index (χ1n) is 6.55. The van der Waals surface area contributed by atoms with Crippen molar-refractivity contribution in [1.82, 2.24) is 5.32 Å². The third-order valence-electron chi connectivity index (χ3n) is 3.77. The molecule has 0 heterocycles. The van der Waals surface area contributed by atoms with E-state index in [0.717, 1.165) is 32.1 Å². The van der Waals surface area contributed by atoms with E-state index in [4.69, 9.17) is 5.73 Å². The van der Waals surface area contributed by atoms with Crippen LogP contribution in [0.25, 0.3) is 0 Å². The van der Waals surface area contributed by atoms with Crippen LogP contribution in [-0.4, -0.2) is 29.7 Å². The molecule has 0 aliphatic heterocycles. The van der Waals surface area contributed by atoms with Crippen LogP contribution in [0.1, 0.15) is 32.1 Å². The van der Waals surface area contributed by atoms with Crippen molar-refractivity contribution < 1.29 is 9.90 Å². The van der Waals surface area contributed by atoms with E-state index >= 15 is 0 Å². The lowest BCUT2D eigenvalue weighted by Crippen LogP contribution is -2.36. The molecule has 4 heteroatoms. The fraction of sp³-hybridized carbons (Fsp3) is 0.769. The van der Waals surface area contributed by atoms with Gasteiger partial charge in [-0.25, -0.2) is 0 Å². The molecule has 1 fully saturated rings. The third-order valence-corrected chi connectivity index (χ3v) is 3.77. The molecule has 2 aliphatic rings. The van der Waals surface area contributed by atoms with Crippen LogP contribution in [0.15, 0.2) is 12.2 Å². The molecule has 4 nitrogen and oxygen atoms in total. The zero-order chi connectivity index (χ0) is 12.3. The Kier molecular flexibility index (Phi) is 4.18. The number of carbonyl (C=O) groups excluding carboxylic acids is 1. The summed E-state index contributed by atoms with van der Waals surface area (Å²) in [6.45, 7) is 0.690. The highest BCUT2D eigenvalue weighted by atomic mass is 16.3. The fourth-order valence-corrected chi connectivity index (χ4v) is 2.75. The summed E-state index contributed by atoms with van der Waals surface area (Å²) in [7, 11) is 0. The molecule has 2 rings (SSSR count). The monoisotopic (exact) mass is 238 g/mol. The molecule has 0 aromatic heterocycles. The Morgan fingerprint density at radius 3 is 2.82 bits per heavy atom. The van der Waals surface area contributed by atoms with E-state index in [0.29, 0.717) is 12.5 Å². The van der Waals surface area contributed by atoms with Gasteiger partial charge in [0, 0.05) is 12.6 Å². The van der Waals surface area contributed by atoms with Gasteiger partial charge in [-0.15, -0.1) is 0 Å². The number of hydrogen-bond donors (Lipinski definition) is 3. The average Bonchev–Trinajstić information content (AvgIpc) is 2.73. The SMILES string of the molecule is NC1C=CC(C(=O)NCC2CCCC(O)C2)C1. The Hall–Kier alpha value is -0.870. The van der Waals surface area contributed by atoms with Gasteiger partial charge < -0.3 is 16.2 Å². The minimum Gasteiger partial charge on any atom is -0.393 e. The van der Waals surface area contributed by atoms with Gasteiger partial charge in [-0.05, 0) is 31.6 Å². The van der Waals surface area contributed by atoms with Crippen LogP contribution in [-0.2, 0) is 4.79 Å². The Balaban J connectivity index is 1.71. The van der Waals surface area contributed by atoms with Crippen LogP contribution >= 0.6 is 0 Å². The van der Waals surface area contributed by atoms with Gasteiger partial charge in [0.1, 0.15) is 0 Å². The van der Waals surface area contributed by atoms with Crippen molar-refractivity contribution in [3.8, 4) is 0 Å². The number of aliphatic hydroxyl groups excluding tert-OH is 1. The number of hydrogen-bond acceptors (Lipinski definition) is 3. The molecule has 1 saturated carbocycles. The van der Waals surface area contributed by atoms with Crippen molar-refractivity contribution in [1.29, 1.82) is 0 Å². The second kappa shape index (κ2) is 5.65. The van der Waals surface area contributed by atoms with Gasteiger partial charge in [-0.1, -0.05) is 18.6 Å². The van der Waals surface area contributed by atoms with E-state index in [1.807, 2.05) is 12.2 Å². The highest BCUT2D eigenvalue weighted by Gasteiger charge is 2.24. The zero-order valence-corrected chi connectivity index (χ0v) is 10.1. The number of amides is 1. The van der Waals surface area contributed by atoms with E-state index in [-0.39, 0.29) is 24.0 Å². The van der Waals surface area contributed by atoms with Crippen molar-refractivity contribution in [3.63, 3.8) is 0 Å². The van der Waals surface area contributed by atoms with Crippen molar-refractivity contribution in [2.24, 2.45) is 17.6 Å². The van der Waals surface area contributed by atoms with Crippen LogP contribution in [0.4, 0.5) is 0 Å². The minimum atomic E-state index is -0.176. The van der Waals surface area contributed by atoms with E-state index in [1.165, 1.54) is 0 Å². The lowest BCUT2D eigenvalue weighted by Gasteiger charge is -2.26. The van der Waals surface area contributed by atoms with Crippen molar-refractivity contribution in [3.05, 3.63) is 12.2 Å². The third kappa shape index (κ3) is 3.54. The summed E-state index contributed by atoms with van der Waals surface area (Å²) in [6.07, 6.45) is 8.24. The zero-order valence-electron chi connectivity index (χ0n) is 10.1. The van der Waals surface area contributed by atoms with Crippen LogP contribution in [0.3, 0.4) is 0 Å². The number of rotatable bonds is 3. The Labute approximate surface area is 102 Å².